The third kappa shape index (κ3) is 5.09. The number of nitrogens with one attached hydrogen (secondary N) is 1. The molecule has 0 radical (unpaired) electrons. The van der Waals surface area contributed by atoms with Gasteiger partial charge in [-0.05, 0) is 38.5 Å². The molecule has 0 amide bonds. The van der Waals surface area contributed by atoms with Crippen LogP contribution >= 0.6 is 0 Å². The minimum absolute atomic E-state index is 0.0551. The van der Waals surface area contributed by atoms with Gasteiger partial charge in [0, 0.05) is 19.2 Å². The van der Waals surface area contributed by atoms with E-state index in [0.717, 1.165) is 23.6 Å². The van der Waals surface area contributed by atoms with Crippen molar-refractivity contribution in [3.05, 3.63) is 23.8 Å². The van der Waals surface area contributed by atoms with Crippen LogP contribution in [0, 0.1) is 0 Å². The Morgan fingerprint density at radius 2 is 1.89 bits per heavy atom. The summed E-state index contributed by atoms with van der Waals surface area (Å²) in [6, 6.07) is 5.99. The third-order valence-electron chi connectivity index (χ3n) is 2.80. The summed E-state index contributed by atoms with van der Waals surface area (Å²) in [5.41, 5.74) is 1.11. The first-order valence-corrected chi connectivity index (χ1v) is 6.56. The Bertz CT molecular complexity index is 391. The lowest BCUT2D eigenvalue weighted by atomic mass is 10.1. The van der Waals surface area contributed by atoms with Crippen LogP contribution in [0.15, 0.2) is 18.2 Å². The van der Waals surface area contributed by atoms with Crippen LogP contribution in [0.2, 0.25) is 0 Å². The quantitative estimate of drug-likeness (QED) is 0.786. The van der Waals surface area contributed by atoms with Gasteiger partial charge in [0.15, 0.2) is 11.5 Å². The van der Waals surface area contributed by atoms with Crippen molar-refractivity contribution in [3.63, 3.8) is 0 Å². The van der Waals surface area contributed by atoms with Crippen LogP contribution in [0.25, 0.3) is 0 Å². The first kappa shape index (κ1) is 15.8. The Kier molecular flexibility index (Phi) is 6.12. The number of rotatable bonds is 8. The molecule has 4 nitrogen and oxygen atoms in total. The van der Waals surface area contributed by atoms with Gasteiger partial charge in [0.05, 0.1) is 20.3 Å². The summed E-state index contributed by atoms with van der Waals surface area (Å²) in [5, 5.41) is 3.46. The van der Waals surface area contributed by atoms with E-state index in [1.165, 1.54) is 0 Å². The molecule has 19 heavy (non-hydrogen) atoms. The predicted octanol–water partition coefficient (Wildman–Crippen LogP) is 2.61. The van der Waals surface area contributed by atoms with Crippen LogP contribution in [-0.4, -0.2) is 33.0 Å². The zero-order valence-corrected chi connectivity index (χ0v) is 12.6. The topological polar surface area (TPSA) is 39.7 Å². The van der Waals surface area contributed by atoms with Gasteiger partial charge in [-0.3, -0.25) is 0 Å². The van der Waals surface area contributed by atoms with E-state index in [9.17, 15) is 0 Å². The molecule has 0 bridgehead atoms. The van der Waals surface area contributed by atoms with E-state index in [2.05, 4.69) is 19.2 Å². The molecule has 0 aliphatic heterocycles. The van der Waals surface area contributed by atoms with Gasteiger partial charge in [-0.2, -0.15) is 0 Å². The summed E-state index contributed by atoms with van der Waals surface area (Å²) in [4.78, 5) is 0. The lowest BCUT2D eigenvalue weighted by molar-refractivity contribution is 0.127. The van der Waals surface area contributed by atoms with E-state index >= 15 is 0 Å². The van der Waals surface area contributed by atoms with E-state index in [4.69, 9.17) is 14.2 Å². The monoisotopic (exact) mass is 267 g/mol. The molecule has 1 rings (SSSR count). The Labute approximate surface area is 116 Å². The summed E-state index contributed by atoms with van der Waals surface area (Å²) < 4.78 is 16.0. The van der Waals surface area contributed by atoms with E-state index in [1.54, 1.807) is 14.2 Å². The van der Waals surface area contributed by atoms with Crippen molar-refractivity contribution in [2.45, 2.75) is 32.9 Å². The second-order valence-corrected chi connectivity index (χ2v) is 5.09. The highest BCUT2D eigenvalue weighted by Crippen LogP contribution is 2.28. The third-order valence-corrected chi connectivity index (χ3v) is 2.80. The summed E-state index contributed by atoms with van der Waals surface area (Å²) in [6.45, 7) is 8.25. The minimum atomic E-state index is -0.0551. The standard InChI is InChI=1S/C15H25NO3/c1-6-19-14-9-12(7-8-13(14)18-5)10-16-15(2,3)11-17-4/h7-9,16H,6,10-11H2,1-5H3. The van der Waals surface area contributed by atoms with Gasteiger partial charge >= 0.3 is 0 Å². The van der Waals surface area contributed by atoms with Gasteiger partial charge in [0.2, 0.25) is 0 Å². The molecule has 1 aromatic carbocycles. The van der Waals surface area contributed by atoms with E-state index in [-0.39, 0.29) is 5.54 Å². The zero-order valence-electron chi connectivity index (χ0n) is 12.6. The minimum Gasteiger partial charge on any atom is -0.493 e. The average Bonchev–Trinajstić information content (AvgIpc) is 2.37. The number of hydrogen-bond donors (Lipinski definition) is 1. The van der Waals surface area contributed by atoms with E-state index in [1.807, 2.05) is 25.1 Å². The largest absolute Gasteiger partial charge is 0.493 e. The van der Waals surface area contributed by atoms with Crippen LogP contribution in [0.3, 0.4) is 0 Å². The first-order chi connectivity index (χ1) is 9.02. The van der Waals surface area contributed by atoms with Crippen molar-refractivity contribution in [2.24, 2.45) is 0 Å². The molecule has 0 aliphatic rings. The molecule has 0 saturated carbocycles. The van der Waals surface area contributed by atoms with Crippen LogP contribution in [0.5, 0.6) is 11.5 Å². The Morgan fingerprint density at radius 1 is 1.16 bits per heavy atom. The van der Waals surface area contributed by atoms with Gasteiger partial charge < -0.3 is 19.5 Å². The van der Waals surface area contributed by atoms with E-state index < -0.39 is 0 Å². The molecule has 0 unspecified atom stereocenters. The molecular weight excluding hydrogens is 242 g/mol. The fraction of sp³-hybridized carbons (Fsp3) is 0.600. The van der Waals surface area contributed by atoms with Crippen molar-refractivity contribution in [2.75, 3.05) is 27.4 Å². The molecule has 1 aromatic rings. The van der Waals surface area contributed by atoms with Crippen molar-refractivity contribution in [1.82, 2.24) is 5.32 Å². The maximum Gasteiger partial charge on any atom is 0.161 e. The lowest BCUT2D eigenvalue weighted by Crippen LogP contribution is -2.42. The predicted molar refractivity (Wildman–Crippen MR) is 77.0 cm³/mol. The lowest BCUT2D eigenvalue weighted by Gasteiger charge is -2.25. The molecule has 0 atom stereocenters. The summed E-state index contributed by atoms with van der Waals surface area (Å²) in [7, 11) is 3.36. The Morgan fingerprint density at radius 3 is 2.47 bits per heavy atom. The molecule has 0 spiro atoms. The highest BCUT2D eigenvalue weighted by molar-refractivity contribution is 5.42. The van der Waals surface area contributed by atoms with Gasteiger partial charge in [-0.1, -0.05) is 6.07 Å². The highest BCUT2D eigenvalue weighted by atomic mass is 16.5. The first-order valence-electron chi connectivity index (χ1n) is 6.56. The molecule has 4 heteroatoms. The fourth-order valence-electron chi connectivity index (χ4n) is 1.85. The SMILES string of the molecule is CCOc1cc(CNC(C)(C)COC)ccc1OC. The summed E-state index contributed by atoms with van der Waals surface area (Å²) in [5.74, 6) is 1.55. The maximum atomic E-state index is 5.57. The number of benzene rings is 1. The second-order valence-electron chi connectivity index (χ2n) is 5.09. The maximum absolute atomic E-state index is 5.57. The van der Waals surface area contributed by atoms with Crippen molar-refractivity contribution >= 4 is 0 Å². The summed E-state index contributed by atoms with van der Waals surface area (Å²) >= 11 is 0. The number of ether oxygens (including phenoxy) is 3. The Balaban J connectivity index is 2.71. The molecule has 0 aliphatic carbocycles. The molecule has 0 heterocycles. The van der Waals surface area contributed by atoms with Gasteiger partial charge in [0.1, 0.15) is 0 Å². The van der Waals surface area contributed by atoms with Crippen LogP contribution in [-0.2, 0) is 11.3 Å². The van der Waals surface area contributed by atoms with Crippen molar-refractivity contribution in [1.29, 1.82) is 0 Å². The smallest absolute Gasteiger partial charge is 0.161 e. The van der Waals surface area contributed by atoms with Gasteiger partial charge in [-0.25, -0.2) is 0 Å². The van der Waals surface area contributed by atoms with Crippen molar-refractivity contribution < 1.29 is 14.2 Å². The fourth-order valence-corrected chi connectivity index (χ4v) is 1.85. The van der Waals surface area contributed by atoms with Crippen LogP contribution in [0.1, 0.15) is 26.3 Å². The average molecular weight is 267 g/mol. The highest BCUT2D eigenvalue weighted by Gasteiger charge is 2.16. The summed E-state index contributed by atoms with van der Waals surface area (Å²) in [6.07, 6.45) is 0. The molecule has 0 saturated heterocycles. The van der Waals surface area contributed by atoms with Crippen LogP contribution in [0.4, 0.5) is 0 Å². The van der Waals surface area contributed by atoms with Gasteiger partial charge in [-0.15, -0.1) is 0 Å². The molecule has 1 N–H and O–H groups in total. The zero-order chi connectivity index (χ0) is 14.3. The Hall–Kier alpha value is -1.26. The second kappa shape index (κ2) is 7.36. The molecule has 0 fully saturated rings. The number of hydrogen-bond acceptors (Lipinski definition) is 4. The van der Waals surface area contributed by atoms with Crippen LogP contribution < -0.4 is 14.8 Å². The molecule has 108 valence electrons. The molecule has 0 aromatic heterocycles. The van der Waals surface area contributed by atoms with E-state index in [0.29, 0.717) is 13.2 Å². The van der Waals surface area contributed by atoms with Crippen molar-refractivity contribution in [3.8, 4) is 11.5 Å². The number of methoxy groups -OCH3 is 2. The van der Waals surface area contributed by atoms with Gasteiger partial charge in [0.25, 0.3) is 0 Å². The normalized spacial score (nSPS) is 11.4. The molecular formula is C15H25NO3.